The lowest BCUT2D eigenvalue weighted by molar-refractivity contribution is 0.102. The molecule has 1 amide bonds. The van der Waals surface area contributed by atoms with Gasteiger partial charge in [0.1, 0.15) is 4.90 Å². The smallest absolute Gasteiger partial charge is 0.255 e. The Morgan fingerprint density at radius 2 is 1.55 bits per heavy atom. The van der Waals surface area contributed by atoms with Gasteiger partial charge in [-0.15, -0.1) is 0 Å². The first kappa shape index (κ1) is 25.3. The highest BCUT2D eigenvalue weighted by molar-refractivity contribution is 7.89. The summed E-state index contributed by atoms with van der Waals surface area (Å²) in [6.07, 6.45) is 0. The van der Waals surface area contributed by atoms with Gasteiger partial charge in [-0.2, -0.15) is 4.31 Å². The predicted octanol–water partition coefficient (Wildman–Crippen LogP) is 3.18. The van der Waals surface area contributed by atoms with Crippen LogP contribution in [0.25, 0.3) is 0 Å². The number of anilines is 1. The first-order valence-corrected chi connectivity index (χ1v) is 12.8. The van der Waals surface area contributed by atoms with Gasteiger partial charge in [0, 0.05) is 38.4 Å². The van der Waals surface area contributed by atoms with Gasteiger partial charge in [-0.25, -0.2) is 21.1 Å². The Kier molecular flexibility index (Phi) is 7.88. The van der Waals surface area contributed by atoms with Crippen molar-refractivity contribution in [1.82, 2.24) is 8.61 Å². The summed E-state index contributed by atoms with van der Waals surface area (Å²) in [6.45, 7) is 5.60. The molecule has 0 saturated carbocycles. The van der Waals surface area contributed by atoms with Crippen molar-refractivity contribution in [1.29, 1.82) is 0 Å². The molecule has 170 valence electrons. The monoisotopic (exact) mass is 487 g/mol. The zero-order valence-corrected chi connectivity index (χ0v) is 20.4. The Balaban J connectivity index is 2.42. The molecule has 0 aliphatic carbocycles. The van der Waals surface area contributed by atoms with Gasteiger partial charge in [0.05, 0.1) is 9.92 Å². The van der Waals surface area contributed by atoms with Crippen LogP contribution in [-0.4, -0.2) is 58.5 Å². The SMILES string of the molecule is CCN(CC)S(=O)(=O)c1cc(C(=O)Nc2ccc(C)c(S(=O)(=O)N(C)C)c2)ccc1Cl. The highest BCUT2D eigenvalue weighted by Gasteiger charge is 2.26. The first-order chi connectivity index (χ1) is 14.4. The van der Waals surface area contributed by atoms with Crippen molar-refractivity contribution in [3.63, 3.8) is 0 Å². The molecule has 11 heteroatoms. The van der Waals surface area contributed by atoms with Crippen molar-refractivity contribution in [3.05, 3.63) is 52.5 Å². The van der Waals surface area contributed by atoms with Crippen molar-refractivity contribution >= 4 is 43.2 Å². The van der Waals surface area contributed by atoms with Gasteiger partial charge in [0.25, 0.3) is 5.91 Å². The van der Waals surface area contributed by atoms with Crippen LogP contribution in [0.4, 0.5) is 5.69 Å². The fraction of sp³-hybridized carbons (Fsp3) is 0.350. The van der Waals surface area contributed by atoms with Crippen LogP contribution in [-0.2, 0) is 20.0 Å². The quantitative estimate of drug-likeness (QED) is 0.615. The molecular weight excluding hydrogens is 462 g/mol. The van der Waals surface area contributed by atoms with Crippen molar-refractivity contribution in [2.45, 2.75) is 30.6 Å². The number of aryl methyl sites for hydroxylation is 1. The maximum Gasteiger partial charge on any atom is 0.255 e. The Morgan fingerprint density at radius 3 is 2.10 bits per heavy atom. The summed E-state index contributed by atoms with van der Waals surface area (Å²) in [5, 5.41) is 2.63. The van der Waals surface area contributed by atoms with E-state index < -0.39 is 26.0 Å². The van der Waals surface area contributed by atoms with E-state index in [9.17, 15) is 21.6 Å². The molecular formula is C20H26ClN3O5S2. The summed E-state index contributed by atoms with van der Waals surface area (Å²) in [4.78, 5) is 12.7. The molecule has 0 atom stereocenters. The molecule has 0 radical (unpaired) electrons. The van der Waals surface area contributed by atoms with Crippen LogP contribution in [0.15, 0.2) is 46.2 Å². The molecule has 0 spiro atoms. The number of rotatable bonds is 8. The molecule has 1 N–H and O–H groups in total. The summed E-state index contributed by atoms with van der Waals surface area (Å²) in [5.74, 6) is -0.593. The van der Waals surface area contributed by atoms with Crippen LogP contribution >= 0.6 is 11.6 Å². The number of sulfonamides is 2. The molecule has 0 unspecified atom stereocenters. The molecule has 0 heterocycles. The lowest BCUT2D eigenvalue weighted by Gasteiger charge is -2.19. The number of amides is 1. The van der Waals surface area contributed by atoms with Crippen LogP contribution in [0.2, 0.25) is 5.02 Å². The summed E-state index contributed by atoms with van der Waals surface area (Å²) in [5.41, 5.74) is 0.873. The van der Waals surface area contributed by atoms with Crippen LogP contribution in [0.5, 0.6) is 0 Å². The zero-order chi connectivity index (χ0) is 23.6. The number of nitrogens with zero attached hydrogens (tertiary/aromatic N) is 2. The maximum absolute atomic E-state index is 12.8. The minimum atomic E-state index is -3.87. The first-order valence-electron chi connectivity index (χ1n) is 9.50. The molecule has 8 nitrogen and oxygen atoms in total. The van der Waals surface area contributed by atoms with Gasteiger partial charge in [-0.3, -0.25) is 4.79 Å². The van der Waals surface area contributed by atoms with E-state index >= 15 is 0 Å². The second-order valence-corrected chi connectivity index (χ2v) is 11.4. The largest absolute Gasteiger partial charge is 0.322 e. The van der Waals surface area contributed by atoms with Gasteiger partial charge >= 0.3 is 0 Å². The third-order valence-electron chi connectivity index (χ3n) is 4.72. The molecule has 2 aromatic carbocycles. The molecule has 0 bridgehead atoms. The molecule has 0 aromatic heterocycles. The average molecular weight is 488 g/mol. The van der Waals surface area contributed by atoms with Gasteiger partial charge in [0.15, 0.2) is 0 Å². The minimum Gasteiger partial charge on any atom is -0.322 e. The summed E-state index contributed by atoms with van der Waals surface area (Å²) in [7, 11) is -4.72. The molecule has 0 fully saturated rings. The van der Waals surface area contributed by atoms with Crippen LogP contribution in [0.1, 0.15) is 29.8 Å². The van der Waals surface area contributed by atoms with E-state index in [1.807, 2.05) is 0 Å². The van der Waals surface area contributed by atoms with Gasteiger partial charge in [0.2, 0.25) is 20.0 Å². The van der Waals surface area contributed by atoms with E-state index in [4.69, 9.17) is 11.6 Å². The summed E-state index contributed by atoms with van der Waals surface area (Å²) < 4.78 is 53.0. The molecule has 0 aliphatic heterocycles. The third-order valence-corrected chi connectivity index (χ3v) is 9.21. The number of benzene rings is 2. The zero-order valence-electron chi connectivity index (χ0n) is 18.0. The Morgan fingerprint density at radius 1 is 0.935 bits per heavy atom. The Hall–Kier alpha value is -1.98. The molecule has 0 aliphatic rings. The van der Waals surface area contributed by atoms with Crippen LogP contribution in [0, 0.1) is 6.92 Å². The fourth-order valence-corrected chi connectivity index (χ4v) is 6.00. The van der Waals surface area contributed by atoms with Gasteiger partial charge in [-0.1, -0.05) is 31.5 Å². The average Bonchev–Trinajstić information content (AvgIpc) is 2.70. The summed E-state index contributed by atoms with van der Waals surface area (Å²) in [6, 6.07) is 8.51. The lowest BCUT2D eigenvalue weighted by atomic mass is 10.2. The fourth-order valence-electron chi connectivity index (χ4n) is 2.90. The van der Waals surface area contributed by atoms with Crippen LogP contribution in [0.3, 0.4) is 0 Å². The van der Waals surface area contributed by atoms with E-state index in [0.717, 1.165) is 4.31 Å². The Bertz CT molecular complexity index is 1190. The third kappa shape index (κ3) is 5.27. The number of carbonyl (C=O) groups excluding carboxylic acids is 1. The molecule has 31 heavy (non-hydrogen) atoms. The number of carbonyl (C=O) groups is 1. The minimum absolute atomic E-state index is 0.0122. The topological polar surface area (TPSA) is 104 Å². The number of nitrogens with one attached hydrogen (secondary N) is 1. The highest BCUT2D eigenvalue weighted by Crippen LogP contribution is 2.27. The molecule has 2 rings (SSSR count). The van der Waals surface area contributed by atoms with E-state index in [0.29, 0.717) is 5.56 Å². The molecule has 2 aromatic rings. The number of hydrogen-bond donors (Lipinski definition) is 1. The predicted molar refractivity (Wildman–Crippen MR) is 122 cm³/mol. The van der Waals surface area contributed by atoms with Crippen LogP contribution < -0.4 is 5.32 Å². The highest BCUT2D eigenvalue weighted by atomic mass is 35.5. The normalized spacial score (nSPS) is 12.4. The van der Waals surface area contributed by atoms with Gasteiger partial charge < -0.3 is 5.32 Å². The van der Waals surface area contributed by atoms with Crippen molar-refractivity contribution < 1.29 is 21.6 Å². The molecule has 0 saturated heterocycles. The number of hydrogen-bond acceptors (Lipinski definition) is 5. The Labute approximate surface area is 188 Å². The van der Waals surface area contributed by atoms with E-state index in [1.54, 1.807) is 32.9 Å². The van der Waals surface area contributed by atoms with E-state index in [-0.39, 0.29) is 39.2 Å². The maximum atomic E-state index is 12.8. The van der Waals surface area contributed by atoms with Gasteiger partial charge in [-0.05, 0) is 42.8 Å². The van der Waals surface area contributed by atoms with Crippen molar-refractivity contribution in [2.24, 2.45) is 0 Å². The summed E-state index contributed by atoms with van der Waals surface area (Å²) >= 11 is 6.11. The van der Waals surface area contributed by atoms with Crippen molar-refractivity contribution in [2.75, 3.05) is 32.5 Å². The van der Waals surface area contributed by atoms with E-state index in [2.05, 4.69) is 5.32 Å². The standard InChI is InChI=1S/C20H26ClN3O5S2/c1-6-24(7-2)31(28,29)19-12-15(9-11-17(19)21)20(25)22-16-10-8-14(3)18(13-16)30(26,27)23(4)5/h8-13H,6-7H2,1-5H3,(H,22,25). The number of halogens is 1. The second-order valence-electron chi connectivity index (χ2n) is 6.96. The lowest BCUT2D eigenvalue weighted by Crippen LogP contribution is -2.31. The van der Waals surface area contributed by atoms with E-state index in [1.165, 1.54) is 42.7 Å². The second kappa shape index (κ2) is 9.66. The van der Waals surface area contributed by atoms with Crippen molar-refractivity contribution in [3.8, 4) is 0 Å².